The van der Waals surface area contributed by atoms with Crippen LogP contribution >= 0.6 is 0 Å². The maximum atomic E-state index is 12.2. The molecule has 0 spiro atoms. The highest BCUT2D eigenvalue weighted by molar-refractivity contribution is 7.89. The topological polar surface area (TPSA) is 109 Å². The van der Waals surface area contributed by atoms with Gasteiger partial charge in [-0.3, -0.25) is 0 Å². The van der Waals surface area contributed by atoms with E-state index in [-0.39, 0.29) is 17.1 Å². The molecule has 1 aliphatic carbocycles. The largest absolute Gasteiger partial charge is 0.324 e. The normalized spacial score (nSPS) is 18.4. The van der Waals surface area contributed by atoms with Crippen LogP contribution in [0.25, 0.3) is 0 Å². The van der Waals surface area contributed by atoms with Crippen molar-refractivity contribution in [3.8, 4) is 6.07 Å². The zero-order valence-corrected chi connectivity index (χ0v) is 12.0. The predicted octanol–water partition coefficient (Wildman–Crippen LogP) is 0.893. The van der Waals surface area contributed by atoms with Crippen molar-refractivity contribution in [1.82, 2.24) is 9.71 Å². The van der Waals surface area contributed by atoms with Crippen molar-refractivity contribution in [2.45, 2.75) is 42.5 Å². The lowest BCUT2D eigenvalue weighted by Gasteiger charge is -2.33. The van der Waals surface area contributed by atoms with Gasteiger partial charge in [-0.05, 0) is 25.0 Å². The Morgan fingerprint density at radius 2 is 2.10 bits per heavy atom. The van der Waals surface area contributed by atoms with Gasteiger partial charge in [0.1, 0.15) is 11.0 Å². The summed E-state index contributed by atoms with van der Waals surface area (Å²) in [6.45, 7) is 0.190. The van der Waals surface area contributed by atoms with Crippen LogP contribution in [0, 0.1) is 11.3 Å². The van der Waals surface area contributed by atoms with Crippen LogP contribution in [0.1, 0.15) is 37.8 Å². The van der Waals surface area contributed by atoms with Gasteiger partial charge in [0, 0.05) is 18.3 Å². The third-order valence-corrected chi connectivity index (χ3v) is 5.06. The van der Waals surface area contributed by atoms with Crippen LogP contribution in [-0.2, 0) is 10.0 Å². The SMILES string of the molecule is N#Cc1ncccc1S(=O)(=O)NCC1(N)CCCCC1. The molecule has 1 fully saturated rings. The minimum Gasteiger partial charge on any atom is -0.324 e. The molecule has 7 heteroatoms. The fraction of sp³-hybridized carbons (Fsp3) is 0.538. The Morgan fingerprint density at radius 1 is 1.40 bits per heavy atom. The molecule has 0 unspecified atom stereocenters. The third-order valence-electron chi connectivity index (χ3n) is 3.63. The van der Waals surface area contributed by atoms with E-state index < -0.39 is 15.6 Å². The van der Waals surface area contributed by atoms with Crippen LogP contribution < -0.4 is 10.5 Å². The zero-order valence-electron chi connectivity index (χ0n) is 11.2. The Hall–Kier alpha value is -1.49. The fourth-order valence-electron chi connectivity index (χ4n) is 2.44. The number of pyridine rings is 1. The molecular weight excluding hydrogens is 276 g/mol. The Morgan fingerprint density at radius 3 is 2.75 bits per heavy atom. The number of aromatic nitrogens is 1. The van der Waals surface area contributed by atoms with E-state index in [4.69, 9.17) is 11.0 Å². The number of hydrogen-bond acceptors (Lipinski definition) is 5. The minimum atomic E-state index is -3.76. The van der Waals surface area contributed by atoms with E-state index in [1.807, 2.05) is 0 Å². The predicted molar refractivity (Wildman–Crippen MR) is 74.1 cm³/mol. The van der Waals surface area contributed by atoms with Crippen molar-refractivity contribution >= 4 is 10.0 Å². The van der Waals surface area contributed by atoms with E-state index in [1.165, 1.54) is 18.3 Å². The lowest BCUT2D eigenvalue weighted by molar-refractivity contribution is 0.296. The van der Waals surface area contributed by atoms with E-state index in [2.05, 4.69) is 9.71 Å². The summed E-state index contributed by atoms with van der Waals surface area (Å²) < 4.78 is 27.0. The second-order valence-electron chi connectivity index (χ2n) is 5.21. The van der Waals surface area contributed by atoms with Gasteiger partial charge in [0.25, 0.3) is 0 Å². The number of rotatable bonds is 4. The summed E-state index contributed by atoms with van der Waals surface area (Å²) in [7, 11) is -3.76. The number of hydrogen-bond donors (Lipinski definition) is 2. The number of sulfonamides is 1. The molecule has 20 heavy (non-hydrogen) atoms. The molecule has 0 amide bonds. The van der Waals surface area contributed by atoms with Crippen LogP contribution in [0.3, 0.4) is 0 Å². The van der Waals surface area contributed by atoms with Gasteiger partial charge in [-0.1, -0.05) is 19.3 Å². The first-order chi connectivity index (χ1) is 9.47. The molecule has 1 saturated carbocycles. The molecule has 0 radical (unpaired) electrons. The van der Waals surface area contributed by atoms with Crippen LogP contribution in [-0.4, -0.2) is 25.5 Å². The molecule has 0 atom stereocenters. The highest BCUT2D eigenvalue weighted by Gasteiger charge is 2.30. The summed E-state index contributed by atoms with van der Waals surface area (Å²) in [5, 5.41) is 8.92. The molecule has 1 aromatic rings. The number of nitriles is 1. The molecule has 1 aromatic heterocycles. The Balaban J connectivity index is 2.14. The molecule has 0 saturated heterocycles. The Labute approximate surface area is 119 Å². The van der Waals surface area contributed by atoms with Crippen LogP contribution in [0.15, 0.2) is 23.2 Å². The maximum absolute atomic E-state index is 12.2. The second kappa shape index (κ2) is 5.87. The van der Waals surface area contributed by atoms with E-state index >= 15 is 0 Å². The Kier molecular flexibility index (Phi) is 4.38. The minimum absolute atomic E-state index is 0.0955. The lowest BCUT2D eigenvalue weighted by Crippen LogP contribution is -2.51. The first-order valence-corrected chi connectivity index (χ1v) is 8.09. The molecule has 0 bridgehead atoms. The van der Waals surface area contributed by atoms with Gasteiger partial charge in [-0.15, -0.1) is 0 Å². The lowest BCUT2D eigenvalue weighted by atomic mass is 9.83. The van der Waals surface area contributed by atoms with Crippen molar-refractivity contribution in [2.75, 3.05) is 6.54 Å². The average Bonchev–Trinajstić information content (AvgIpc) is 2.46. The fourth-order valence-corrected chi connectivity index (χ4v) is 3.68. The average molecular weight is 294 g/mol. The maximum Gasteiger partial charge on any atom is 0.243 e. The van der Waals surface area contributed by atoms with E-state index in [1.54, 1.807) is 6.07 Å². The molecule has 0 aromatic carbocycles. The van der Waals surface area contributed by atoms with Gasteiger partial charge in [0.05, 0.1) is 0 Å². The quantitative estimate of drug-likeness (QED) is 0.857. The highest BCUT2D eigenvalue weighted by Crippen LogP contribution is 2.25. The molecular formula is C13H18N4O2S. The first kappa shape index (κ1) is 14.9. The summed E-state index contributed by atoms with van der Waals surface area (Å²) in [4.78, 5) is 3.67. The Bertz CT molecular complexity index is 616. The standard InChI is InChI=1S/C13H18N4O2S/c14-9-11-12(5-4-8-16-11)20(18,19)17-10-13(15)6-2-1-3-7-13/h4-5,8,17H,1-3,6-7,10,15H2. The first-order valence-electron chi connectivity index (χ1n) is 6.61. The van der Waals surface area contributed by atoms with Gasteiger partial charge in [-0.2, -0.15) is 5.26 Å². The molecule has 0 aliphatic heterocycles. The van der Waals surface area contributed by atoms with Crippen LogP contribution in [0.2, 0.25) is 0 Å². The van der Waals surface area contributed by atoms with Crippen molar-refractivity contribution in [3.63, 3.8) is 0 Å². The van der Waals surface area contributed by atoms with Gasteiger partial charge in [0.15, 0.2) is 5.69 Å². The summed E-state index contributed by atoms with van der Waals surface area (Å²) >= 11 is 0. The van der Waals surface area contributed by atoms with Crippen molar-refractivity contribution in [1.29, 1.82) is 5.26 Å². The third kappa shape index (κ3) is 3.33. The monoisotopic (exact) mass is 294 g/mol. The van der Waals surface area contributed by atoms with Gasteiger partial charge in [0.2, 0.25) is 10.0 Å². The molecule has 1 aliphatic rings. The van der Waals surface area contributed by atoms with E-state index in [0.717, 1.165) is 32.1 Å². The molecule has 108 valence electrons. The van der Waals surface area contributed by atoms with E-state index in [9.17, 15) is 8.42 Å². The summed E-state index contributed by atoms with van der Waals surface area (Å²) in [6.07, 6.45) is 6.21. The molecule has 1 heterocycles. The molecule has 3 N–H and O–H groups in total. The number of nitrogens with zero attached hydrogens (tertiary/aromatic N) is 2. The summed E-state index contributed by atoms with van der Waals surface area (Å²) in [6, 6.07) is 4.65. The number of nitrogens with two attached hydrogens (primary N) is 1. The van der Waals surface area contributed by atoms with Gasteiger partial charge < -0.3 is 5.73 Å². The van der Waals surface area contributed by atoms with Crippen molar-refractivity contribution in [3.05, 3.63) is 24.0 Å². The smallest absolute Gasteiger partial charge is 0.243 e. The van der Waals surface area contributed by atoms with Gasteiger partial charge in [-0.25, -0.2) is 18.1 Å². The number of nitrogens with one attached hydrogen (secondary N) is 1. The van der Waals surface area contributed by atoms with Crippen molar-refractivity contribution in [2.24, 2.45) is 5.73 Å². The highest BCUT2D eigenvalue weighted by atomic mass is 32.2. The summed E-state index contributed by atoms with van der Waals surface area (Å²) in [5.74, 6) is 0. The van der Waals surface area contributed by atoms with E-state index in [0.29, 0.717) is 0 Å². The van der Waals surface area contributed by atoms with Crippen molar-refractivity contribution < 1.29 is 8.42 Å². The van der Waals surface area contributed by atoms with Crippen LogP contribution in [0.4, 0.5) is 0 Å². The molecule has 6 nitrogen and oxygen atoms in total. The zero-order chi connectivity index (χ0) is 14.6. The van der Waals surface area contributed by atoms with Crippen LogP contribution in [0.5, 0.6) is 0 Å². The summed E-state index contributed by atoms with van der Waals surface area (Å²) in [5.41, 5.74) is 5.62. The van der Waals surface area contributed by atoms with Gasteiger partial charge >= 0.3 is 0 Å². The molecule has 2 rings (SSSR count). The second-order valence-corrected chi connectivity index (χ2v) is 6.94.